The van der Waals surface area contributed by atoms with Gasteiger partial charge in [0.15, 0.2) is 0 Å². The predicted molar refractivity (Wildman–Crippen MR) is 48.0 cm³/mol. The molecule has 0 amide bonds. The molecule has 56 valence electrons. The summed E-state index contributed by atoms with van der Waals surface area (Å²) in [5.41, 5.74) is 2.65. The van der Waals surface area contributed by atoms with Crippen molar-refractivity contribution in [2.24, 2.45) is 0 Å². The first-order valence-electron chi connectivity index (χ1n) is 3.61. The van der Waals surface area contributed by atoms with E-state index in [0.717, 1.165) is 0 Å². The van der Waals surface area contributed by atoms with Crippen molar-refractivity contribution in [2.45, 2.75) is 27.7 Å². The zero-order valence-corrected chi connectivity index (χ0v) is 7.31. The Kier molecular flexibility index (Phi) is 4.65. The first kappa shape index (κ1) is 9.22. The highest BCUT2D eigenvalue weighted by Gasteiger charge is 1.78. The van der Waals surface area contributed by atoms with Crippen molar-refractivity contribution >= 4 is 0 Å². The van der Waals surface area contributed by atoms with Crippen LogP contribution in [0.1, 0.15) is 27.7 Å². The fourth-order valence-electron chi connectivity index (χ4n) is 0.751. The molecule has 0 aromatic rings. The van der Waals surface area contributed by atoms with E-state index in [1.54, 1.807) is 0 Å². The second kappa shape index (κ2) is 5.04. The Morgan fingerprint density at radius 2 is 1.70 bits per heavy atom. The third-order valence-corrected chi connectivity index (χ3v) is 1.07. The van der Waals surface area contributed by atoms with Gasteiger partial charge in [-0.25, -0.2) is 0 Å². The molecule has 0 heterocycles. The van der Waals surface area contributed by atoms with E-state index in [-0.39, 0.29) is 0 Å². The van der Waals surface area contributed by atoms with E-state index in [1.807, 2.05) is 13.0 Å². The Bertz CT molecular complexity index is 164. The van der Waals surface area contributed by atoms with E-state index >= 15 is 0 Å². The lowest BCUT2D eigenvalue weighted by Crippen LogP contribution is -1.68. The molecule has 0 rings (SSSR count). The Balaban J connectivity index is 4.08. The van der Waals surface area contributed by atoms with Gasteiger partial charge in [-0.2, -0.15) is 0 Å². The third-order valence-electron chi connectivity index (χ3n) is 1.07. The summed E-state index contributed by atoms with van der Waals surface area (Å²) in [6.45, 7) is 8.33. The first-order valence-corrected chi connectivity index (χ1v) is 3.61. The summed E-state index contributed by atoms with van der Waals surface area (Å²) in [5.74, 6) is 0. The summed E-state index contributed by atoms with van der Waals surface area (Å²) >= 11 is 0. The third kappa shape index (κ3) is 5.36. The molecule has 0 nitrogen and oxygen atoms in total. The predicted octanol–water partition coefficient (Wildman–Crippen LogP) is 3.48. The van der Waals surface area contributed by atoms with Gasteiger partial charge in [-0.3, -0.25) is 0 Å². The molecule has 0 atom stereocenters. The molecule has 10 heavy (non-hydrogen) atoms. The Hall–Kier alpha value is -0.780. The van der Waals surface area contributed by atoms with Crippen LogP contribution in [0, 0.1) is 0 Å². The van der Waals surface area contributed by atoms with Crippen LogP contribution in [0.4, 0.5) is 0 Å². The average Bonchev–Trinajstić information content (AvgIpc) is 1.82. The highest BCUT2D eigenvalue weighted by molar-refractivity contribution is 5.23. The van der Waals surface area contributed by atoms with Crippen LogP contribution in [0.2, 0.25) is 0 Å². The minimum Gasteiger partial charge on any atom is -0.0877 e. The van der Waals surface area contributed by atoms with E-state index in [0.29, 0.717) is 0 Å². The van der Waals surface area contributed by atoms with Crippen molar-refractivity contribution in [1.29, 1.82) is 0 Å². The van der Waals surface area contributed by atoms with Crippen LogP contribution in [0.15, 0.2) is 35.5 Å². The van der Waals surface area contributed by atoms with Crippen molar-refractivity contribution in [2.75, 3.05) is 0 Å². The van der Waals surface area contributed by atoms with Crippen LogP contribution in [-0.4, -0.2) is 0 Å². The van der Waals surface area contributed by atoms with Gasteiger partial charge in [0.25, 0.3) is 0 Å². The summed E-state index contributed by atoms with van der Waals surface area (Å²) in [6.07, 6.45) is 8.35. The van der Waals surface area contributed by atoms with Gasteiger partial charge in [0, 0.05) is 0 Å². The van der Waals surface area contributed by atoms with Crippen LogP contribution < -0.4 is 0 Å². The topological polar surface area (TPSA) is 0 Å². The van der Waals surface area contributed by atoms with Gasteiger partial charge in [0.2, 0.25) is 0 Å². The van der Waals surface area contributed by atoms with E-state index in [2.05, 4.69) is 39.0 Å². The smallest absolute Gasteiger partial charge is 0.0398 e. The first-order chi connectivity index (χ1) is 4.66. The molecule has 0 spiro atoms. The van der Waals surface area contributed by atoms with Crippen LogP contribution in [0.5, 0.6) is 0 Å². The maximum absolute atomic E-state index is 2.17. The quantitative estimate of drug-likeness (QED) is 0.510. The molecule has 0 aromatic heterocycles. The fourth-order valence-corrected chi connectivity index (χ4v) is 0.751. The maximum Gasteiger partial charge on any atom is -0.0398 e. The molecule has 0 radical (unpaired) electrons. The van der Waals surface area contributed by atoms with Crippen LogP contribution in [0.3, 0.4) is 0 Å². The van der Waals surface area contributed by atoms with Crippen molar-refractivity contribution in [3.63, 3.8) is 0 Å². The monoisotopic (exact) mass is 136 g/mol. The summed E-state index contributed by atoms with van der Waals surface area (Å²) < 4.78 is 0. The lowest BCUT2D eigenvalue weighted by atomic mass is 10.2. The van der Waals surface area contributed by atoms with E-state index in [4.69, 9.17) is 0 Å². The van der Waals surface area contributed by atoms with Crippen LogP contribution in [-0.2, 0) is 0 Å². The molecular formula is C10H16. The normalized spacial score (nSPS) is 12.2. The van der Waals surface area contributed by atoms with Crippen molar-refractivity contribution < 1.29 is 0 Å². The molecular weight excluding hydrogens is 120 g/mol. The van der Waals surface area contributed by atoms with Crippen LogP contribution in [0.25, 0.3) is 0 Å². The number of rotatable bonds is 2. The largest absolute Gasteiger partial charge is 0.0877 e. The van der Waals surface area contributed by atoms with E-state index in [1.165, 1.54) is 11.1 Å². The summed E-state index contributed by atoms with van der Waals surface area (Å²) in [5, 5.41) is 0. The lowest BCUT2D eigenvalue weighted by molar-refractivity contribution is 1.35. The van der Waals surface area contributed by atoms with Gasteiger partial charge >= 0.3 is 0 Å². The second-order valence-electron chi connectivity index (χ2n) is 2.66. The minimum absolute atomic E-state index is 1.30. The Labute approximate surface area is 64.0 Å². The lowest BCUT2D eigenvalue weighted by Gasteiger charge is -1.89. The molecule has 0 N–H and O–H groups in total. The Morgan fingerprint density at radius 1 is 1.10 bits per heavy atom. The molecule has 0 aromatic carbocycles. The molecule has 0 aliphatic rings. The van der Waals surface area contributed by atoms with E-state index < -0.39 is 0 Å². The highest BCUT2D eigenvalue weighted by Crippen LogP contribution is 1.99. The van der Waals surface area contributed by atoms with Crippen LogP contribution >= 0.6 is 0 Å². The van der Waals surface area contributed by atoms with Gasteiger partial charge in [-0.15, -0.1) is 0 Å². The molecule has 0 fully saturated rings. The molecule has 0 aliphatic heterocycles. The molecule has 0 saturated carbocycles. The van der Waals surface area contributed by atoms with Gasteiger partial charge in [-0.05, 0) is 27.7 Å². The maximum atomic E-state index is 2.17. The zero-order chi connectivity index (χ0) is 7.98. The average molecular weight is 136 g/mol. The summed E-state index contributed by atoms with van der Waals surface area (Å²) in [6, 6.07) is 0. The molecule has 0 saturated heterocycles. The SMILES string of the molecule is C/C=C/C=C(\C)C=C(C)C. The summed E-state index contributed by atoms with van der Waals surface area (Å²) in [4.78, 5) is 0. The highest BCUT2D eigenvalue weighted by atomic mass is 13.9. The second-order valence-corrected chi connectivity index (χ2v) is 2.66. The molecule has 0 unspecified atom stereocenters. The van der Waals surface area contributed by atoms with Gasteiger partial charge in [-0.1, -0.05) is 35.5 Å². The number of allylic oxidation sites excluding steroid dienone is 6. The van der Waals surface area contributed by atoms with Gasteiger partial charge in [0.05, 0.1) is 0 Å². The standard InChI is InChI=1S/C10H16/c1-5-6-7-10(4)8-9(2)3/h5-8H,1-4H3/b6-5+,10-7+. The van der Waals surface area contributed by atoms with Crippen molar-refractivity contribution in [3.8, 4) is 0 Å². The fraction of sp³-hybridized carbons (Fsp3) is 0.400. The van der Waals surface area contributed by atoms with Crippen molar-refractivity contribution in [3.05, 3.63) is 35.5 Å². The Morgan fingerprint density at radius 3 is 2.10 bits per heavy atom. The molecule has 0 heteroatoms. The minimum atomic E-state index is 1.30. The summed E-state index contributed by atoms with van der Waals surface area (Å²) in [7, 11) is 0. The number of hydrogen-bond donors (Lipinski definition) is 0. The molecule has 0 aliphatic carbocycles. The van der Waals surface area contributed by atoms with Gasteiger partial charge in [0.1, 0.15) is 0 Å². The van der Waals surface area contributed by atoms with Gasteiger partial charge < -0.3 is 0 Å². The van der Waals surface area contributed by atoms with Crippen molar-refractivity contribution in [1.82, 2.24) is 0 Å². The zero-order valence-electron chi connectivity index (χ0n) is 7.31. The number of hydrogen-bond acceptors (Lipinski definition) is 0. The molecule has 0 bridgehead atoms. The van der Waals surface area contributed by atoms with E-state index in [9.17, 15) is 0 Å².